The lowest BCUT2D eigenvalue weighted by atomic mass is 10.1. The number of nitrogens with zero attached hydrogens (tertiary/aromatic N) is 1. The molecule has 0 aliphatic rings. The van der Waals surface area contributed by atoms with E-state index in [4.69, 9.17) is 0 Å². The van der Waals surface area contributed by atoms with Gasteiger partial charge in [0.25, 0.3) is 11.6 Å². The molecule has 0 unspecified atom stereocenters. The molecule has 0 saturated heterocycles. The van der Waals surface area contributed by atoms with Gasteiger partial charge in [-0.15, -0.1) is 11.8 Å². The van der Waals surface area contributed by atoms with Gasteiger partial charge in [0.2, 0.25) is 5.91 Å². The van der Waals surface area contributed by atoms with Crippen LogP contribution in [0, 0.1) is 16.0 Å². The lowest BCUT2D eigenvalue weighted by Crippen LogP contribution is -2.13. The predicted octanol–water partition coefficient (Wildman–Crippen LogP) is 4.94. The normalized spacial score (nSPS) is 10.6. The van der Waals surface area contributed by atoms with E-state index in [0.29, 0.717) is 22.2 Å². The summed E-state index contributed by atoms with van der Waals surface area (Å²) in [5, 5.41) is 16.8. The van der Waals surface area contributed by atoms with E-state index < -0.39 is 10.8 Å². The fourth-order valence-corrected chi connectivity index (χ4v) is 3.66. The van der Waals surface area contributed by atoms with E-state index in [1.807, 2.05) is 0 Å². The molecule has 2 N–H and O–H groups in total. The molecule has 148 valence electrons. The number of nitrogens with one attached hydrogen (secondary N) is 2. The van der Waals surface area contributed by atoms with Crippen molar-refractivity contribution >= 4 is 40.6 Å². The third kappa shape index (κ3) is 6.38. The molecule has 0 atom stereocenters. The van der Waals surface area contributed by atoms with Crippen LogP contribution < -0.4 is 10.6 Å². The highest BCUT2D eigenvalue weighted by Gasteiger charge is 2.18. The van der Waals surface area contributed by atoms with E-state index in [0.717, 1.165) is 12.2 Å². The van der Waals surface area contributed by atoms with Gasteiger partial charge in [-0.1, -0.05) is 19.9 Å². The summed E-state index contributed by atoms with van der Waals surface area (Å²) in [6, 6.07) is 11.2. The summed E-state index contributed by atoms with van der Waals surface area (Å²) >= 11 is 1.42. The van der Waals surface area contributed by atoms with E-state index in [2.05, 4.69) is 24.5 Å². The second kappa shape index (κ2) is 9.89. The van der Waals surface area contributed by atoms with E-state index in [-0.39, 0.29) is 17.2 Å². The van der Waals surface area contributed by atoms with E-state index in [1.54, 1.807) is 36.4 Å². The smallest absolute Gasteiger partial charge is 0.283 e. The topological polar surface area (TPSA) is 101 Å². The zero-order chi connectivity index (χ0) is 20.7. The summed E-state index contributed by atoms with van der Waals surface area (Å²) in [4.78, 5) is 35.2. The minimum absolute atomic E-state index is 0.0756. The van der Waals surface area contributed by atoms with Gasteiger partial charge >= 0.3 is 0 Å². The molecule has 0 heterocycles. The SMILES string of the molecule is CC(=O)Nc1cccc(NC(=O)c2ccc(SCCC(C)C)c([N+](=O)[O-])c2)c1. The molecule has 0 bridgehead atoms. The van der Waals surface area contributed by atoms with Crippen LogP contribution >= 0.6 is 11.8 Å². The van der Waals surface area contributed by atoms with Gasteiger partial charge in [0.05, 0.1) is 9.82 Å². The van der Waals surface area contributed by atoms with Crippen molar-refractivity contribution in [3.8, 4) is 0 Å². The summed E-state index contributed by atoms with van der Waals surface area (Å²) in [5.74, 6) is 0.622. The van der Waals surface area contributed by atoms with Crippen LogP contribution in [0.25, 0.3) is 0 Å². The van der Waals surface area contributed by atoms with Crippen LogP contribution in [0.3, 0.4) is 0 Å². The highest BCUT2D eigenvalue weighted by Crippen LogP contribution is 2.31. The second-order valence-corrected chi connectivity index (χ2v) is 7.82. The van der Waals surface area contributed by atoms with E-state index >= 15 is 0 Å². The number of benzene rings is 2. The van der Waals surface area contributed by atoms with Crippen molar-refractivity contribution in [2.75, 3.05) is 16.4 Å². The number of carbonyl (C=O) groups is 2. The Morgan fingerprint density at radius 2 is 1.79 bits per heavy atom. The second-order valence-electron chi connectivity index (χ2n) is 6.69. The maximum absolute atomic E-state index is 12.5. The maximum atomic E-state index is 12.5. The van der Waals surface area contributed by atoms with Crippen LogP contribution in [0.5, 0.6) is 0 Å². The van der Waals surface area contributed by atoms with Crippen LogP contribution in [0.1, 0.15) is 37.6 Å². The molecule has 7 nitrogen and oxygen atoms in total. The Balaban J connectivity index is 2.16. The number of thioether (sulfide) groups is 1. The number of nitro benzene ring substituents is 1. The molecular weight excluding hydrogens is 378 g/mol. The first kappa shape index (κ1) is 21.4. The van der Waals surface area contributed by atoms with Crippen LogP contribution in [0.15, 0.2) is 47.4 Å². The van der Waals surface area contributed by atoms with Gasteiger partial charge in [0.15, 0.2) is 0 Å². The van der Waals surface area contributed by atoms with Crippen molar-refractivity contribution < 1.29 is 14.5 Å². The fraction of sp³-hybridized carbons (Fsp3) is 0.300. The lowest BCUT2D eigenvalue weighted by Gasteiger charge is -2.09. The number of hydrogen-bond donors (Lipinski definition) is 2. The highest BCUT2D eigenvalue weighted by molar-refractivity contribution is 7.99. The summed E-state index contributed by atoms with van der Waals surface area (Å²) < 4.78 is 0. The minimum atomic E-state index is -0.466. The van der Waals surface area contributed by atoms with Gasteiger partial charge in [0, 0.05) is 29.9 Å². The summed E-state index contributed by atoms with van der Waals surface area (Å²) in [7, 11) is 0. The zero-order valence-electron chi connectivity index (χ0n) is 16.0. The summed E-state index contributed by atoms with van der Waals surface area (Å²) in [6.07, 6.45) is 0.953. The van der Waals surface area contributed by atoms with Crippen LogP contribution in [0.2, 0.25) is 0 Å². The molecule has 0 radical (unpaired) electrons. The van der Waals surface area contributed by atoms with Gasteiger partial charge in [-0.25, -0.2) is 0 Å². The molecule has 0 saturated carbocycles. The van der Waals surface area contributed by atoms with Crippen molar-refractivity contribution in [1.29, 1.82) is 0 Å². The molecule has 0 aromatic heterocycles. The molecule has 8 heteroatoms. The number of anilines is 2. The first-order valence-electron chi connectivity index (χ1n) is 8.86. The average Bonchev–Trinajstić information content (AvgIpc) is 2.61. The number of hydrogen-bond acceptors (Lipinski definition) is 5. The molecule has 2 aromatic carbocycles. The minimum Gasteiger partial charge on any atom is -0.326 e. The molecular formula is C20H23N3O4S. The zero-order valence-corrected chi connectivity index (χ0v) is 16.8. The summed E-state index contributed by atoms with van der Waals surface area (Å²) in [6.45, 7) is 5.60. The maximum Gasteiger partial charge on any atom is 0.283 e. The average molecular weight is 401 g/mol. The first-order chi connectivity index (χ1) is 13.3. The Morgan fingerprint density at radius 1 is 1.11 bits per heavy atom. The Labute approximate surface area is 168 Å². The molecule has 0 fully saturated rings. The molecule has 2 aromatic rings. The highest BCUT2D eigenvalue weighted by atomic mass is 32.2. The van der Waals surface area contributed by atoms with Crippen molar-refractivity contribution in [3.63, 3.8) is 0 Å². The Hall–Kier alpha value is -2.87. The van der Waals surface area contributed by atoms with Crippen molar-refractivity contribution in [3.05, 3.63) is 58.1 Å². The molecule has 28 heavy (non-hydrogen) atoms. The van der Waals surface area contributed by atoms with Crippen molar-refractivity contribution in [1.82, 2.24) is 0 Å². The molecule has 0 aliphatic heterocycles. The Bertz CT molecular complexity index is 884. The quantitative estimate of drug-likeness (QED) is 0.370. The lowest BCUT2D eigenvalue weighted by molar-refractivity contribution is -0.387. The predicted molar refractivity (Wildman–Crippen MR) is 112 cm³/mol. The van der Waals surface area contributed by atoms with Crippen LogP contribution in [-0.4, -0.2) is 22.5 Å². The third-order valence-corrected chi connectivity index (χ3v) is 4.91. The number of amides is 2. The number of carbonyl (C=O) groups excluding carboxylic acids is 2. The van der Waals surface area contributed by atoms with Crippen molar-refractivity contribution in [2.24, 2.45) is 5.92 Å². The molecule has 2 rings (SSSR count). The van der Waals surface area contributed by atoms with Crippen LogP contribution in [0.4, 0.5) is 17.1 Å². The Morgan fingerprint density at radius 3 is 2.39 bits per heavy atom. The van der Waals surface area contributed by atoms with Gasteiger partial charge in [0.1, 0.15) is 0 Å². The molecule has 0 aliphatic carbocycles. The van der Waals surface area contributed by atoms with Gasteiger partial charge < -0.3 is 10.6 Å². The fourth-order valence-electron chi connectivity index (χ4n) is 2.41. The summed E-state index contributed by atoms with van der Waals surface area (Å²) in [5.41, 5.74) is 1.15. The monoisotopic (exact) mass is 401 g/mol. The molecule has 2 amide bonds. The standard InChI is InChI=1S/C20H23N3O4S/c1-13(2)9-10-28-19-8-7-15(11-18(19)23(26)27)20(25)22-17-6-4-5-16(12-17)21-14(3)24/h4-8,11-13H,9-10H2,1-3H3,(H,21,24)(H,22,25). The number of rotatable bonds is 8. The van der Waals surface area contributed by atoms with Gasteiger partial charge in [-0.2, -0.15) is 0 Å². The van der Waals surface area contributed by atoms with Crippen LogP contribution in [-0.2, 0) is 4.79 Å². The van der Waals surface area contributed by atoms with Gasteiger partial charge in [-0.05, 0) is 48.4 Å². The number of nitro groups is 1. The largest absolute Gasteiger partial charge is 0.326 e. The van der Waals surface area contributed by atoms with E-state index in [1.165, 1.54) is 24.8 Å². The molecule has 0 spiro atoms. The Kier molecular flexibility index (Phi) is 7.57. The van der Waals surface area contributed by atoms with Crippen molar-refractivity contribution in [2.45, 2.75) is 32.1 Å². The van der Waals surface area contributed by atoms with E-state index in [9.17, 15) is 19.7 Å². The van der Waals surface area contributed by atoms with Gasteiger partial charge in [-0.3, -0.25) is 19.7 Å². The first-order valence-corrected chi connectivity index (χ1v) is 9.85. The third-order valence-electron chi connectivity index (χ3n) is 3.81.